The average Bonchev–Trinajstić information content (AvgIpc) is 2.92. The summed E-state index contributed by atoms with van der Waals surface area (Å²) in [7, 11) is -3.65. The van der Waals surface area contributed by atoms with E-state index in [1.807, 2.05) is 19.9 Å². The summed E-state index contributed by atoms with van der Waals surface area (Å²) in [6.07, 6.45) is 3.78. The minimum Gasteiger partial charge on any atom is -0.322 e. The molecular formula is C24H29N3O4S2. The highest BCUT2D eigenvalue weighted by Gasteiger charge is 2.26. The summed E-state index contributed by atoms with van der Waals surface area (Å²) in [5.41, 5.74) is 2.41. The average molecular weight is 488 g/mol. The SMILES string of the molecule is Cc1ccc(S(=O)(=O)N2CCCCCC2)cc1C(=O)Nc1ccc2c(c1)sc(=O)n2C(C)C. The molecule has 0 unspecified atom stereocenters. The number of nitrogens with zero attached hydrogens (tertiary/aromatic N) is 2. The Bertz CT molecular complexity index is 1350. The maximum atomic E-state index is 13.2. The van der Waals surface area contributed by atoms with E-state index >= 15 is 0 Å². The van der Waals surface area contributed by atoms with Crippen molar-refractivity contribution >= 4 is 43.2 Å². The van der Waals surface area contributed by atoms with Gasteiger partial charge in [0, 0.05) is 30.4 Å². The molecule has 1 saturated heterocycles. The summed E-state index contributed by atoms with van der Waals surface area (Å²) in [4.78, 5) is 25.5. The van der Waals surface area contributed by atoms with Crippen molar-refractivity contribution in [3.8, 4) is 0 Å². The molecule has 1 fully saturated rings. The van der Waals surface area contributed by atoms with Crippen LogP contribution >= 0.6 is 11.3 Å². The largest absolute Gasteiger partial charge is 0.322 e. The second kappa shape index (κ2) is 9.40. The van der Waals surface area contributed by atoms with Crippen molar-refractivity contribution < 1.29 is 13.2 Å². The molecule has 4 rings (SSSR count). The number of aryl methyl sites for hydroxylation is 1. The lowest BCUT2D eigenvalue weighted by molar-refractivity contribution is 0.102. The van der Waals surface area contributed by atoms with Gasteiger partial charge in [0.1, 0.15) is 0 Å². The zero-order chi connectivity index (χ0) is 23.8. The summed E-state index contributed by atoms with van der Waals surface area (Å²) >= 11 is 1.14. The van der Waals surface area contributed by atoms with Gasteiger partial charge in [-0.25, -0.2) is 8.42 Å². The third kappa shape index (κ3) is 4.76. The van der Waals surface area contributed by atoms with E-state index in [-0.39, 0.29) is 21.7 Å². The molecule has 0 atom stereocenters. The number of aromatic nitrogens is 1. The first kappa shape index (κ1) is 23.7. The number of rotatable bonds is 5. The van der Waals surface area contributed by atoms with Crippen LogP contribution in [0.1, 0.15) is 61.5 Å². The number of fused-ring (bicyclic) bond motifs is 1. The number of sulfonamides is 1. The number of benzene rings is 2. The Labute approximate surface area is 198 Å². The van der Waals surface area contributed by atoms with Crippen LogP contribution in [0.5, 0.6) is 0 Å². The second-order valence-electron chi connectivity index (χ2n) is 8.76. The Morgan fingerprint density at radius 1 is 1.03 bits per heavy atom. The van der Waals surface area contributed by atoms with Gasteiger partial charge in [-0.15, -0.1) is 0 Å². The van der Waals surface area contributed by atoms with Gasteiger partial charge in [0.15, 0.2) is 0 Å². The van der Waals surface area contributed by atoms with E-state index < -0.39 is 10.0 Å². The Morgan fingerprint density at radius 3 is 2.39 bits per heavy atom. The van der Waals surface area contributed by atoms with Crippen molar-refractivity contribution in [2.45, 2.75) is 57.4 Å². The summed E-state index contributed by atoms with van der Waals surface area (Å²) in [6, 6.07) is 10.1. The molecule has 0 spiro atoms. The van der Waals surface area contributed by atoms with Gasteiger partial charge >= 0.3 is 4.87 Å². The molecule has 9 heteroatoms. The van der Waals surface area contributed by atoms with Crippen molar-refractivity contribution in [2.24, 2.45) is 0 Å². The van der Waals surface area contributed by atoms with Crippen molar-refractivity contribution in [1.29, 1.82) is 0 Å². The Balaban J connectivity index is 1.61. The fourth-order valence-electron chi connectivity index (χ4n) is 4.24. The van der Waals surface area contributed by atoms with Crippen LogP contribution in [0.4, 0.5) is 5.69 Å². The topological polar surface area (TPSA) is 88.5 Å². The summed E-state index contributed by atoms with van der Waals surface area (Å²) in [5.74, 6) is -0.379. The minimum atomic E-state index is -3.65. The molecule has 33 heavy (non-hydrogen) atoms. The minimum absolute atomic E-state index is 0.0364. The van der Waals surface area contributed by atoms with Crippen LogP contribution in [-0.4, -0.2) is 36.3 Å². The lowest BCUT2D eigenvalue weighted by atomic mass is 10.1. The van der Waals surface area contributed by atoms with Crippen LogP contribution in [-0.2, 0) is 10.0 Å². The number of carbonyl (C=O) groups is 1. The molecule has 1 aromatic heterocycles. The van der Waals surface area contributed by atoms with Gasteiger partial charge in [-0.2, -0.15) is 4.31 Å². The smallest absolute Gasteiger partial charge is 0.308 e. The molecule has 1 N–H and O–H groups in total. The Morgan fingerprint density at radius 2 is 1.73 bits per heavy atom. The molecule has 0 radical (unpaired) electrons. The van der Waals surface area contributed by atoms with E-state index in [1.54, 1.807) is 35.8 Å². The monoisotopic (exact) mass is 487 g/mol. The number of anilines is 1. The summed E-state index contributed by atoms with van der Waals surface area (Å²) in [5, 5.41) is 2.87. The molecular weight excluding hydrogens is 458 g/mol. The highest BCUT2D eigenvalue weighted by molar-refractivity contribution is 7.89. The standard InChI is InChI=1S/C24H29N3O4S2/c1-16(2)27-21-11-9-18(14-22(21)32-24(27)29)25-23(28)20-15-19(10-8-17(20)3)33(30,31)26-12-6-4-5-7-13-26/h8-11,14-16H,4-7,12-13H2,1-3H3,(H,25,28). The van der Waals surface area contributed by atoms with E-state index in [2.05, 4.69) is 5.32 Å². The molecule has 0 bridgehead atoms. The van der Waals surface area contributed by atoms with Crippen LogP contribution in [0, 0.1) is 6.92 Å². The number of carbonyl (C=O) groups excluding carboxylic acids is 1. The van der Waals surface area contributed by atoms with Gasteiger partial charge in [-0.1, -0.05) is 30.2 Å². The predicted molar refractivity (Wildman–Crippen MR) is 133 cm³/mol. The first-order valence-electron chi connectivity index (χ1n) is 11.3. The summed E-state index contributed by atoms with van der Waals surface area (Å²) in [6.45, 7) is 6.72. The Kier molecular flexibility index (Phi) is 6.74. The molecule has 2 aromatic carbocycles. The van der Waals surface area contributed by atoms with Gasteiger partial charge in [0.2, 0.25) is 10.0 Å². The van der Waals surface area contributed by atoms with Gasteiger partial charge in [-0.3, -0.25) is 14.2 Å². The molecule has 1 aliphatic heterocycles. The molecule has 1 amide bonds. The molecule has 176 valence electrons. The zero-order valence-corrected chi connectivity index (χ0v) is 20.8. The maximum absolute atomic E-state index is 13.2. The maximum Gasteiger partial charge on any atom is 0.308 e. The van der Waals surface area contributed by atoms with Crippen molar-refractivity contribution in [1.82, 2.24) is 8.87 Å². The van der Waals surface area contributed by atoms with Crippen LogP contribution in [0.3, 0.4) is 0 Å². The van der Waals surface area contributed by atoms with Crippen molar-refractivity contribution in [2.75, 3.05) is 18.4 Å². The third-order valence-corrected chi connectivity index (χ3v) is 8.86. The highest BCUT2D eigenvalue weighted by Crippen LogP contribution is 2.26. The van der Waals surface area contributed by atoms with Crippen LogP contribution in [0.2, 0.25) is 0 Å². The molecule has 2 heterocycles. The van der Waals surface area contributed by atoms with E-state index in [9.17, 15) is 18.0 Å². The second-order valence-corrected chi connectivity index (χ2v) is 11.7. The van der Waals surface area contributed by atoms with E-state index in [0.717, 1.165) is 47.2 Å². The molecule has 0 saturated carbocycles. The normalized spacial score (nSPS) is 15.6. The number of hydrogen-bond acceptors (Lipinski definition) is 5. The van der Waals surface area contributed by atoms with Gasteiger partial charge in [0.25, 0.3) is 5.91 Å². The van der Waals surface area contributed by atoms with Gasteiger partial charge in [0.05, 0.1) is 15.1 Å². The lowest BCUT2D eigenvalue weighted by Crippen LogP contribution is -2.32. The zero-order valence-electron chi connectivity index (χ0n) is 19.1. The predicted octanol–water partition coefficient (Wildman–Crippen LogP) is 4.77. The van der Waals surface area contributed by atoms with Gasteiger partial charge < -0.3 is 5.32 Å². The number of nitrogens with one attached hydrogen (secondary N) is 1. The van der Waals surface area contributed by atoms with Gasteiger partial charge in [-0.05, 0) is 69.5 Å². The third-order valence-electron chi connectivity index (χ3n) is 6.04. The first-order valence-corrected chi connectivity index (χ1v) is 13.5. The molecule has 1 aliphatic rings. The fraction of sp³-hybridized carbons (Fsp3) is 0.417. The van der Waals surface area contributed by atoms with Crippen LogP contribution in [0.25, 0.3) is 10.2 Å². The van der Waals surface area contributed by atoms with E-state index in [1.165, 1.54) is 10.4 Å². The lowest BCUT2D eigenvalue weighted by Gasteiger charge is -2.20. The highest BCUT2D eigenvalue weighted by atomic mass is 32.2. The van der Waals surface area contributed by atoms with Crippen LogP contribution in [0.15, 0.2) is 46.1 Å². The number of thiazole rings is 1. The van der Waals surface area contributed by atoms with E-state index in [4.69, 9.17) is 0 Å². The quantitative estimate of drug-likeness (QED) is 0.562. The molecule has 0 aliphatic carbocycles. The summed E-state index contributed by atoms with van der Waals surface area (Å²) < 4.78 is 30.4. The number of hydrogen-bond donors (Lipinski definition) is 1. The van der Waals surface area contributed by atoms with E-state index in [0.29, 0.717) is 29.9 Å². The fourth-order valence-corrected chi connectivity index (χ4v) is 6.84. The number of amides is 1. The Hall–Kier alpha value is -2.49. The van der Waals surface area contributed by atoms with Crippen LogP contribution < -0.4 is 10.2 Å². The van der Waals surface area contributed by atoms with Crippen molar-refractivity contribution in [3.05, 3.63) is 57.2 Å². The van der Waals surface area contributed by atoms with Crippen molar-refractivity contribution in [3.63, 3.8) is 0 Å². The molecule has 7 nitrogen and oxygen atoms in total. The molecule has 3 aromatic rings. The first-order chi connectivity index (χ1) is 15.7.